The largest absolute Gasteiger partial charge is 0.348 e. The topological polar surface area (TPSA) is 109 Å². The van der Waals surface area contributed by atoms with Gasteiger partial charge in [0.1, 0.15) is 0 Å². The number of para-hydroxylation sites is 1. The summed E-state index contributed by atoms with van der Waals surface area (Å²) in [6.45, 7) is 2.26. The minimum atomic E-state index is -0.488. The summed E-state index contributed by atoms with van der Waals surface area (Å²) in [6.07, 6.45) is 6.06. The molecule has 3 N–H and O–H groups in total. The van der Waals surface area contributed by atoms with Gasteiger partial charge in [0.15, 0.2) is 5.82 Å². The first-order chi connectivity index (χ1) is 16.6. The molecule has 8 heteroatoms. The van der Waals surface area contributed by atoms with Crippen LogP contribution in [0.3, 0.4) is 0 Å². The summed E-state index contributed by atoms with van der Waals surface area (Å²) in [6, 6.07) is 16.7. The third kappa shape index (κ3) is 5.88. The third-order valence-electron chi connectivity index (χ3n) is 6.24. The fourth-order valence-corrected chi connectivity index (χ4v) is 4.41. The number of rotatable bonds is 8. The van der Waals surface area contributed by atoms with Crippen molar-refractivity contribution in [1.29, 1.82) is 0 Å². The van der Waals surface area contributed by atoms with Crippen molar-refractivity contribution in [3.8, 4) is 0 Å². The van der Waals surface area contributed by atoms with Gasteiger partial charge in [0.05, 0.1) is 23.3 Å². The first-order valence-corrected chi connectivity index (χ1v) is 11.8. The second kappa shape index (κ2) is 11.1. The molecule has 1 aromatic heterocycles. The summed E-state index contributed by atoms with van der Waals surface area (Å²) < 4.78 is 5.24. The lowest BCUT2D eigenvalue weighted by Crippen LogP contribution is -2.46. The van der Waals surface area contributed by atoms with Crippen molar-refractivity contribution in [2.24, 2.45) is 0 Å². The zero-order valence-corrected chi connectivity index (χ0v) is 19.5. The van der Waals surface area contributed by atoms with Crippen molar-refractivity contribution in [3.63, 3.8) is 0 Å². The van der Waals surface area contributed by atoms with E-state index >= 15 is 0 Å². The van der Waals surface area contributed by atoms with E-state index in [0.717, 1.165) is 44.1 Å². The number of hydrogen-bond donors (Lipinski definition) is 3. The van der Waals surface area contributed by atoms with Crippen LogP contribution in [0.15, 0.2) is 59.1 Å². The van der Waals surface area contributed by atoms with E-state index in [1.807, 2.05) is 30.3 Å². The van der Waals surface area contributed by atoms with Gasteiger partial charge in [-0.25, -0.2) is 0 Å². The van der Waals surface area contributed by atoms with Crippen LogP contribution in [0.4, 0.5) is 5.69 Å². The number of amides is 2. The van der Waals surface area contributed by atoms with Crippen molar-refractivity contribution in [2.75, 3.05) is 11.9 Å². The van der Waals surface area contributed by atoms with Gasteiger partial charge >= 0.3 is 0 Å². The number of aromatic nitrogens is 2. The molecule has 8 nitrogen and oxygen atoms in total. The molecule has 0 unspecified atom stereocenters. The molecule has 1 fully saturated rings. The molecule has 4 rings (SSSR count). The second-order valence-electron chi connectivity index (χ2n) is 8.75. The second-order valence-corrected chi connectivity index (χ2v) is 8.75. The Kier molecular flexibility index (Phi) is 7.69. The molecule has 1 saturated carbocycles. The van der Waals surface area contributed by atoms with E-state index in [4.69, 9.17) is 4.52 Å². The summed E-state index contributed by atoms with van der Waals surface area (Å²) in [5.41, 5.74) is 1.42. The SMILES string of the molecule is Cc1nc(C2(NCC(=O)Nc3ccccc3C(=O)NCc3ccccc3)CCCCCC2)no1. The van der Waals surface area contributed by atoms with Gasteiger partial charge < -0.3 is 15.2 Å². The first-order valence-electron chi connectivity index (χ1n) is 11.8. The van der Waals surface area contributed by atoms with E-state index in [1.165, 1.54) is 0 Å². The van der Waals surface area contributed by atoms with Crippen LogP contribution in [0.25, 0.3) is 0 Å². The third-order valence-corrected chi connectivity index (χ3v) is 6.24. The molecule has 3 aromatic rings. The maximum atomic E-state index is 12.9. The Hall–Kier alpha value is -3.52. The number of hydrogen-bond acceptors (Lipinski definition) is 6. The molecular weight excluding hydrogens is 430 g/mol. The summed E-state index contributed by atoms with van der Waals surface area (Å²) in [5.74, 6) is 0.656. The fourth-order valence-electron chi connectivity index (χ4n) is 4.41. The van der Waals surface area contributed by atoms with Crippen molar-refractivity contribution in [3.05, 3.63) is 77.4 Å². The molecule has 0 saturated heterocycles. The van der Waals surface area contributed by atoms with Crippen LogP contribution in [0.1, 0.15) is 66.2 Å². The Morgan fingerprint density at radius 2 is 1.68 bits per heavy atom. The summed E-state index contributed by atoms with van der Waals surface area (Å²) in [4.78, 5) is 30.2. The van der Waals surface area contributed by atoms with E-state index in [2.05, 4.69) is 26.1 Å². The Morgan fingerprint density at radius 1 is 0.971 bits per heavy atom. The molecule has 1 aliphatic rings. The Morgan fingerprint density at radius 3 is 2.38 bits per heavy atom. The van der Waals surface area contributed by atoms with E-state index < -0.39 is 5.54 Å². The monoisotopic (exact) mass is 461 g/mol. The summed E-state index contributed by atoms with van der Waals surface area (Å²) in [7, 11) is 0. The van der Waals surface area contributed by atoms with Crippen LogP contribution in [0.5, 0.6) is 0 Å². The maximum absolute atomic E-state index is 12.9. The Balaban J connectivity index is 1.41. The van der Waals surface area contributed by atoms with Gasteiger partial charge in [-0.05, 0) is 30.5 Å². The molecule has 0 bridgehead atoms. The number of nitrogens with one attached hydrogen (secondary N) is 3. The van der Waals surface area contributed by atoms with E-state index in [-0.39, 0.29) is 18.4 Å². The quantitative estimate of drug-likeness (QED) is 0.436. The molecule has 1 aliphatic carbocycles. The van der Waals surface area contributed by atoms with Crippen molar-refractivity contribution in [2.45, 2.75) is 57.5 Å². The molecule has 0 radical (unpaired) electrons. The van der Waals surface area contributed by atoms with Crippen molar-refractivity contribution < 1.29 is 14.1 Å². The van der Waals surface area contributed by atoms with Crippen molar-refractivity contribution in [1.82, 2.24) is 20.8 Å². The van der Waals surface area contributed by atoms with Crippen LogP contribution in [0, 0.1) is 6.92 Å². The predicted octanol–water partition coefficient (Wildman–Crippen LogP) is 4.09. The molecule has 0 atom stereocenters. The highest BCUT2D eigenvalue weighted by atomic mass is 16.5. The van der Waals surface area contributed by atoms with Crippen LogP contribution >= 0.6 is 0 Å². The van der Waals surface area contributed by atoms with Gasteiger partial charge in [0.2, 0.25) is 11.8 Å². The fraction of sp³-hybridized carbons (Fsp3) is 0.385. The highest BCUT2D eigenvalue weighted by Gasteiger charge is 2.37. The standard InChI is InChI=1S/C26H31N5O3/c1-19-29-25(31-34-19)26(15-9-2-3-10-16-26)28-18-23(32)30-22-14-8-7-13-21(22)24(33)27-17-20-11-5-4-6-12-20/h4-8,11-14,28H,2-3,9-10,15-18H2,1H3,(H,27,33)(H,30,32). The number of benzene rings is 2. The van der Waals surface area contributed by atoms with Gasteiger partial charge in [-0.3, -0.25) is 14.9 Å². The molecule has 178 valence electrons. The zero-order chi connectivity index (χ0) is 23.8. The molecule has 2 amide bonds. The molecule has 0 spiro atoms. The molecule has 1 heterocycles. The predicted molar refractivity (Wildman–Crippen MR) is 129 cm³/mol. The van der Waals surface area contributed by atoms with E-state index in [0.29, 0.717) is 29.5 Å². The smallest absolute Gasteiger partial charge is 0.253 e. The van der Waals surface area contributed by atoms with E-state index in [9.17, 15) is 9.59 Å². The normalized spacial score (nSPS) is 15.3. The molecule has 34 heavy (non-hydrogen) atoms. The van der Waals surface area contributed by atoms with Crippen LogP contribution in [-0.4, -0.2) is 28.5 Å². The number of anilines is 1. The minimum Gasteiger partial charge on any atom is -0.348 e. The lowest BCUT2D eigenvalue weighted by atomic mass is 9.89. The Labute approximate surface area is 199 Å². The molecule has 2 aromatic carbocycles. The average Bonchev–Trinajstić information content (AvgIpc) is 3.16. The summed E-state index contributed by atoms with van der Waals surface area (Å²) >= 11 is 0. The van der Waals surface area contributed by atoms with Crippen LogP contribution in [0.2, 0.25) is 0 Å². The van der Waals surface area contributed by atoms with Crippen LogP contribution in [-0.2, 0) is 16.9 Å². The first kappa shape index (κ1) is 23.6. The van der Waals surface area contributed by atoms with Gasteiger partial charge in [-0.2, -0.15) is 4.98 Å². The molecular formula is C26H31N5O3. The lowest BCUT2D eigenvalue weighted by molar-refractivity contribution is -0.115. The lowest BCUT2D eigenvalue weighted by Gasteiger charge is -2.30. The van der Waals surface area contributed by atoms with Crippen molar-refractivity contribution >= 4 is 17.5 Å². The molecule has 0 aliphatic heterocycles. The van der Waals surface area contributed by atoms with Crippen LogP contribution < -0.4 is 16.0 Å². The van der Waals surface area contributed by atoms with Gasteiger partial charge in [-0.1, -0.05) is 73.3 Å². The zero-order valence-electron chi connectivity index (χ0n) is 19.5. The van der Waals surface area contributed by atoms with E-state index in [1.54, 1.807) is 31.2 Å². The highest BCUT2D eigenvalue weighted by molar-refractivity contribution is 6.04. The average molecular weight is 462 g/mol. The minimum absolute atomic E-state index is 0.0769. The Bertz CT molecular complexity index is 1100. The maximum Gasteiger partial charge on any atom is 0.253 e. The number of carbonyl (C=O) groups excluding carboxylic acids is 2. The van der Waals surface area contributed by atoms with Gasteiger partial charge in [-0.15, -0.1) is 0 Å². The number of carbonyl (C=O) groups is 2. The summed E-state index contributed by atoms with van der Waals surface area (Å²) in [5, 5.41) is 13.4. The van der Waals surface area contributed by atoms with Gasteiger partial charge in [0.25, 0.3) is 5.91 Å². The van der Waals surface area contributed by atoms with Gasteiger partial charge in [0, 0.05) is 13.5 Å². The highest BCUT2D eigenvalue weighted by Crippen LogP contribution is 2.34. The number of nitrogens with zero attached hydrogens (tertiary/aromatic N) is 2. The number of aryl methyl sites for hydroxylation is 1.